The maximum atomic E-state index is 6.25. The summed E-state index contributed by atoms with van der Waals surface area (Å²) >= 11 is 0. The number of quaternary nitrogens is 1. The largest absolute Gasteiger partial charge is 0.512 e. The number of nitrogens with one attached hydrogen (secondary N) is 1. The zero-order valence-corrected chi connectivity index (χ0v) is 10.2. The molecule has 0 aromatic rings. The van der Waals surface area contributed by atoms with E-state index in [1.54, 1.807) is 0 Å². The summed E-state index contributed by atoms with van der Waals surface area (Å²) in [5.41, 5.74) is 0. The highest BCUT2D eigenvalue weighted by Gasteiger charge is 2.13. The first kappa shape index (κ1) is 14.5. The van der Waals surface area contributed by atoms with Crippen LogP contribution in [0.15, 0.2) is 0 Å². The van der Waals surface area contributed by atoms with Gasteiger partial charge in [0, 0.05) is 12.8 Å². The highest BCUT2D eigenvalue weighted by molar-refractivity contribution is 4.47. The molecule has 88 valence electrons. The monoisotopic (exact) mass is 210 g/mol. The van der Waals surface area contributed by atoms with E-state index in [9.17, 15) is 0 Å². The van der Waals surface area contributed by atoms with Crippen LogP contribution < -0.4 is 4.90 Å². The average Bonchev–Trinajstić information content (AvgIpc) is 2.79. The molecule has 0 radical (unpaired) electrons. The van der Waals surface area contributed by atoms with Crippen molar-refractivity contribution in [3.63, 3.8) is 0 Å². The SMILES string of the molecule is CCCCCCCC[NH+]1CCCC1.[C-]#N. The molecule has 0 aromatic heterocycles. The van der Waals surface area contributed by atoms with Crippen molar-refractivity contribution in [1.29, 1.82) is 5.26 Å². The number of hydrogen-bond donors (Lipinski definition) is 1. The van der Waals surface area contributed by atoms with Crippen LogP contribution in [0.4, 0.5) is 0 Å². The van der Waals surface area contributed by atoms with Crippen molar-refractivity contribution in [2.75, 3.05) is 19.6 Å². The van der Waals surface area contributed by atoms with E-state index in [4.69, 9.17) is 11.8 Å². The summed E-state index contributed by atoms with van der Waals surface area (Å²) in [7, 11) is 0. The predicted molar refractivity (Wildman–Crippen MR) is 63.1 cm³/mol. The molecular weight excluding hydrogens is 184 g/mol. The van der Waals surface area contributed by atoms with Crippen LogP contribution in [0.3, 0.4) is 0 Å². The van der Waals surface area contributed by atoms with Crippen LogP contribution in [-0.4, -0.2) is 19.6 Å². The molecule has 0 saturated carbocycles. The molecule has 0 bridgehead atoms. The van der Waals surface area contributed by atoms with E-state index in [1.807, 2.05) is 4.90 Å². The molecule has 0 aromatic carbocycles. The number of nitrogens with zero attached hydrogens (tertiary/aromatic N) is 1. The maximum absolute atomic E-state index is 6.25. The molecular formula is C13H26N2. The summed E-state index contributed by atoms with van der Waals surface area (Å²) in [5.74, 6) is 0. The van der Waals surface area contributed by atoms with Crippen molar-refractivity contribution >= 4 is 0 Å². The van der Waals surface area contributed by atoms with Gasteiger partial charge >= 0.3 is 0 Å². The van der Waals surface area contributed by atoms with Crippen LogP contribution in [0.1, 0.15) is 58.3 Å². The molecule has 1 aliphatic rings. The van der Waals surface area contributed by atoms with Crippen molar-refractivity contribution < 1.29 is 4.90 Å². The van der Waals surface area contributed by atoms with Gasteiger partial charge < -0.3 is 16.7 Å². The fourth-order valence-corrected chi connectivity index (χ4v) is 2.28. The summed E-state index contributed by atoms with van der Waals surface area (Å²) in [6, 6.07) is 0. The van der Waals surface area contributed by atoms with Crippen molar-refractivity contribution in [1.82, 2.24) is 0 Å². The van der Waals surface area contributed by atoms with Gasteiger partial charge in [0.15, 0.2) is 0 Å². The molecule has 1 heterocycles. The molecule has 1 aliphatic heterocycles. The first-order chi connectivity index (χ1) is 7.43. The Balaban J connectivity index is 0.000000921. The Morgan fingerprint density at radius 3 is 2.07 bits per heavy atom. The Bertz CT molecular complexity index is 137. The second kappa shape index (κ2) is 11.5. The van der Waals surface area contributed by atoms with Crippen molar-refractivity contribution in [2.45, 2.75) is 58.3 Å². The van der Waals surface area contributed by atoms with Gasteiger partial charge in [-0.2, -0.15) is 0 Å². The van der Waals surface area contributed by atoms with Crippen LogP contribution >= 0.6 is 0 Å². The van der Waals surface area contributed by atoms with Crippen LogP contribution in [0.2, 0.25) is 0 Å². The van der Waals surface area contributed by atoms with E-state index >= 15 is 0 Å². The zero-order chi connectivity index (χ0) is 11.4. The average molecular weight is 210 g/mol. The van der Waals surface area contributed by atoms with Crippen LogP contribution in [-0.2, 0) is 0 Å². The summed E-state index contributed by atoms with van der Waals surface area (Å²) in [4.78, 5) is 1.87. The highest BCUT2D eigenvalue weighted by atomic mass is 15.1. The first-order valence-corrected chi connectivity index (χ1v) is 6.49. The predicted octanol–water partition coefficient (Wildman–Crippen LogP) is 2.12. The normalized spacial score (nSPS) is 15.9. The zero-order valence-electron chi connectivity index (χ0n) is 10.2. The van der Waals surface area contributed by atoms with Gasteiger partial charge in [-0.05, 0) is 12.8 Å². The highest BCUT2D eigenvalue weighted by Crippen LogP contribution is 2.03. The second-order valence-electron chi connectivity index (χ2n) is 4.47. The molecule has 2 nitrogen and oxygen atoms in total. The second-order valence-corrected chi connectivity index (χ2v) is 4.47. The topological polar surface area (TPSA) is 28.2 Å². The number of rotatable bonds is 7. The van der Waals surface area contributed by atoms with Gasteiger partial charge in [0.05, 0.1) is 19.6 Å². The van der Waals surface area contributed by atoms with Gasteiger partial charge in [-0.3, -0.25) is 0 Å². The van der Waals surface area contributed by atoms with Gasteiger partial charge in [-0.1, -0.05) is 32.6 Å². The third-order valence-corrected chi connectivity index (χ3v) is 3.19. The van der Waals surface area contributed by atoms with Gasteiger partial charge in [0.1, 0.15) is 0 Å². The minimum absolute atomic E-state index is 1.37. The molecule has 0 atom stereocenters. The Kier molecular flexibility index (Phi) is 11.1. The lowest BCUT2D eigenvalue weighted by molar-refractivity contribution is -0.887. The molecule has 1 N–H and O–H groups in total. The third kappa shape index (κ3) is 8.44. The van der Waals surface area contributed by atoms with E-state index in [0.29, 0.717) is 0 Å². The van der Waals surface area contributed by atoms with Gasteiger partial charge in [-0.15, -0.1) is 0 Å². The van der Waals surface area contributed by atoms with Gasteiger partial charge in [0.25, 0.3) is 0 Å². The molecule has 1 fully saturated rings. The third-order valence-electron chi connectivity index (χ3n) is 3.19. The molecule has 0 spiro atoms. The maximum Gasteiger partial charge on any atom is 0.0773 e. The van der Waals surface area contributed by atoms with E-state index in [0.717, 1.165) is 0 Å². The molecule has 0 aliphatic carbocycles. The lowest BCUT2D eigenvalue weighted by Gasteiger charge is -2.11. The lowest BCUT2D eigenvalue weighted by atomic mass is 10.1. The van der Waals surface area contributed by atoms with Crippen LogP contribution in [0, 0.1) is 11.8 Å². The van der Waals surface area contributed by atoms with Crippen LogP contribution in [0.25, 0.3) is 0 Å². The Morgan fingerprint density at radius 2 is 1.47 bits per heavy atom. The smallest absolute Gasteiger partial charge is 0.0773 e. The summed E-state index contributed by atoms with van der Waals surface area (Å²) < 4.78 is 0. The van der Waals surface area contributed by atoms with Crippen molar-refractivity contribution in [2.24, 2.45) is 0 Å². The molecule has 1 rings (SSSR count). The summed E-state index contributed by atoms with van der Waals surface area (Å²) in [6.45, 7) is 11.4. The molecule has 0 unspecified atom stereocenters. The van der Waals surface area contributed by atoms with E-state index in [1.165, 1.54) is 71.0 Å². The van der Waals surface area contributed by atoms with Crippen molar-refractivity contribution in [3.8, 4) is 0 Å². The molecule has 0 amide bonds. The fourth-order valence-electron chi connectivity index (χ4n) is 2.28. The van der Waals surface area contributed by atoms with Crippen molar-refractivity contribution in [3.05, 3.63) is 6.57 Å². The van der Waals surface area contributed by atoms with Gasteiger partial charge in [-0.25, -0.2) is 0 Å². The quantitative estimate of drug-likeness (QED) is 0.506. The standard InChI is InChI=1S/C12H25N.CN/c1-2-3-4-5-6-7-10-13-11-8-9-12-13;1-2/h2-12H2,1H3;/q;-1/p+1. The molecule has 2 heteroatoms. The van der Waals surface area contributed by atoms with Gasteiger partial charge in [0.2, 0.25) is 0 Å². The number of likely N-dealkylation sites (tertiary alicyclic amines) is 1. The molecule has 15 heavy (non-hydrogen) atoms. The molecule has 1 saturated heterocycles. The van der Waals surface area contributed by atoms with E-state index < -0.39 is 0 Å². The lowest BCUT2D eigenvalue weighted by Crippen LogP contribution is -3.09. The number of unbranched alkanes of at least 4 members (excludes halogenated alkanes) is 5. The minimum atomic E-state index is 1.37. The first-order valence-electron chi connectivity index (χ1n) is 6.49. The Hall–Kier alpha value is -0.550. The summed E-state index contributed by atoms with van der Waals surface area (Å²) in [5, 5.41) is 6.25. The summed E-state index contributed by atoms with van der Waals surface area (Å²) in [6.07, 6.45) is 11.7. The number of hydrogen-bond acceptors (Lipinski definition) is 1. The fraction of sp³-hybridized carbons (Fsp3) is 0.923. The Labute approximate surface area is 95.3 Å². The Morgan fingerprint density at radius 1 is 0.933 bits per heavy atom. The minimum Gasteiger partial charge on any atom is -0.512 e. The van der Waals surface area contributed by atoms with E-state index in [-0.39, 0.29) is 0 Å². The van der Waals surface area contributed by atoms with Crippen LogP contribution in [0.5, 0.6) is 0 Å². The van der Waals surface area contributed by atoms with E-state index in [2.05, 4.69) is 6.92 Å².